The molecule has 1 fully saturated rings. The lowest BCUT2D eigenvalue weighted by atomic mass is 9.91. The van der Waals surface area contributed by atoms with Gasteiger partial charge < -0.3 is 30.0 Å². The first kappa shape index (κ1) is 33.2. The third-order valence-electron chi connectivity index (χ3n) is 7.88. The molecule has 8 nitrogen and oxygen atoms in total. The largest absolute Gasteiger partial charge is 0.465 e. The summed E-state index contributed by atoms with van der Waals surface area (Å²) in [5.74, 6) is 0.418. The number of amides is 2. The van der Waals surface area contributed by atoms with E-state index < -0.39 is 18.3 Å². The highest BCUT2D eigenvalue weighted by Crippen LogP contribution is 2.43. The molecule has 0 aromatic heterocycles. The highest BCUT2D eigenvalue weighted by Gasteiger charge is 2.38. The number of carbonyl (C=O) groups is 2. The predicted molar refractivity (Wildman–Crippen MR) is 179 cm³/mol. The number of ether oxygens (including phenoxy) is 3. The second-order valence-electron chi connectivity index (χ2n) is 11.1. The first-order valence-corrected chi connectivity index (χ1v) is 16.5. The minimum absolute atomic E-state index is 0.00165. The molecule has 1 aliphatic heterocycles. The van der Waals surface area contributed by atoms with Gasteiger partial charge in [0, 0.05) is 28.7 Å². The predicted octanol–water partition coefficient (Wildman–Crippen LogP) is 6.79. The molecular weight excluding hydrogens is 600 g/mol. The van der Waals surface area contributed by atoms with Crippen molar-refractivity contribution in [2.24, 2.45) is 5.92 Å². The number of hydrogen-bond donors (Lipinski definition) is 3. The summed E-state index contributed by atoms with van der Waals surface area (Å²) < 4.78 is 18.1. The molecule has 5 rings (SSSR count). The smallest absolute Gasteiger partial charge is 0.325 e. The minimum atomic E-state index is -0.544. The number of rotatable bonds is 12. The van der Waals surface area contributed by atoms with E-state index in [4.69, 9.17) is 14.2 Å². The van der Waals surface area contributed by atoms with Crippen LogP contribution in [0.15, 0.2) is 108 Å². The zero-order chi connectivity index (χ0) is 32.3. The molecule has 0 unspecified atom stereocenters. The van der Waals surface area contributed by atoms with Crippen LogP contribution < -0.4 is 10.6 Å². The summed E-state index contributed by atoms with van der Waals surface area (Å²) in [5.41, 5.74) is 5.81. The van der Waals surface area contributed by atoms with Gasteiger partial charge in [0.05, 0.1) is 25.4 Å². The standard InChI is InChI=1S/C37H40N2O6S/c1-3-43-34(41)22-39-37(42)38-21-27-8-7-9-31(20-27)28-16-18-30(19-17-28)36-44-33(24-46-32-10-5-4-6-11-32)25(2)35(45-36)29-14-12-26(23-40)13-15-29/h4-20,25,33,35-36,40H,3,21-24H2,1-2H3,(H2,38,39,42)/t25-,33+,35+,36+/m0/s1. The highest BCUT2D eigenvalue weighted by molar-refractivity contribution is 7.99. The van der Waals surface area contributed by atoms with Crippen molar-refractivity contribution in [3.63, 3.8) is 0 Å². The first-order valence-electron chi connectivity index (χ1n) is 15.5. The molecule has 1 aliphatic rings. The lowest BCUT2D eigenvalue weighted by Crippen LogP contribution is -2.38. The number of nitrogens with one attached hydrogen (secondary N) is 2. The van der Waals surface area contributed by atoms with Crippen LogP contribution in [0.1, 0.15) is 48.5 Å². The summed E-state index contributed by atoms with van der Waals surface area (Å²) in [5, 5.41) is 14.8. The molecule has 0 saturated carbocycles. The summed E-state index contributed by atoms with van der Waals surface area (Å²) >= 11 is 1.78. The second-order valence-corrected chi connectivity index (χ2v) is 12.2. The molecule has 9 heteroatoms. The van der Waals surface area contributed by atoms with Gasteiger partial charge in [0.2, 0.25) is 0 Å². The molecule has 0 spiro atoms. The molecule has 46 heavy (non-hydrogen) atoms. The van der Waals surface area contributed by atoms with Crippen LogP contribution in [0, 0.1) is 5.92 Å². The Morgan fingerprint density at radius 3 is 2.28 bits per heavy atom. The van der Waals surface area contributed by atoms with Crippen molar-refractivity contribution in [2.75, 3.05) is 18.9 Å². The molecule has 0 radical (unpaired) electrons. The highest BCUT2D eigenvalue weighted by atomic mass is 32.2. The molecular formula is C37H40N2O6S. The van der Waals surface area contributed by atoms with E-state index >= 15 is 0 Å². The lowest BCUT2D eigenvalue weighted by Gasteiger charge is -2.41. The summed E-state index contributed by atoms with van der Waals surface area (Å²) in [6.45, 7) is 4.29. The molecule has 240 valence electrons. The van der Waals surface area contributed by atoms with Crippen LogP contribution in [0.25, 0.3) is 11.1 Å². The third kappa shape index (κ3) is 8.98. The molecule has 4 aromatic rings. The number of aliphatic hydroxyl groups is 1. The maximum Gasteiger partial charge on any atom is 0.325 e. The fraction of sp³-hybridized carbons (Fsp3) is 0.297. The van der Waals surface area contributed by atoms with Crippen LogP contribution in [-0.2, 0) is 32.2 Å². The Morgan fingerprint density at radius 1 is 0.826 bits per heavy atom. The fourth-order valence-electron chi connectivity index (χ4n) is 5.31. The monoisotopic (exact) mass is 640 g/mol. The molecule has 0 bridgehead atoms. The fourth-order valence-corrected chi connectivity index (χ4v) is 6.40. The van der Waals surface area contributed by atoms with E-state index in [-0.39, 0.29) is 37.9 Å². The van der Waals surface area contributed by atoms with Gasteiger partial charge in [-0.3, -0.25) is 4.79 Å². The van der Waals surface area contributed by atoms with Crippen LogP contribution in [0.3, 0.4) is 0 Å². The molecule has 0 aliphatic carbocycles. The van der Waals surface area contributed by atoms with E-state index in [2.05, 4.69) is 41.8 Å². The van der Waals surface area contributed by atoms with Gasteiger partial charge in [-0.25, -0.2) is 4.79 Å². The quantitative estimate of drug-likeness (QED) is 0.116. The van der Waals surface area contributed by atoms with Gasteiger partial charge in [-0.05, 0) is 52.9 Å². The number of hydrogen-bond acceptors (Lipinski definition) is 7. The Bertz CT molecular complexity index is 1570. The van der Waals surface area contributed by atoms with E-state index in [1.807, 2.05) is 78.9 Å². The van der Waals surface area contributed by atoms with Crippen molar-refractivity contribution in [1.29, 1.82) is 0 Å². The van der Waals surface area contributed by atoms with Crippen molar-refractivity contribution in [3.8, 4) is 11.1 Å². The van der Waals surface area contributed by atoms with Crippen molar-refractivity contribution in [1.82, 2.24) is 10.6 Å². The average Bonchev–Trinajstić information content (AvgIpc) is 3.10. The van der Waals surface area contributed by atoms with E-state index in [0.29, 0.717) is 6.54 Å². The average molecular weight is 641 g/mol. The summed E-state index contributed by atoms with van der Waals surface area (Å²) in [6, 6.07) is 34.0. The Balaban J connectivity index is 1.27. The van der Waals surface area contributed by atoms with Crippen molar-refractivity contribution < 1.29 is 28.9 Å². The van der Waals surface area contributed by atoms with E-state index in [0.717, 1.165) is 39.1 Å². The number of urea groups is 1. The van der Waals surface area contributed by atoms with Crippen molar-refractivity contribution >= 4 is 23.8 Å². The maximum atomic E-state index is 12.1. The zero-order valence-corrected chi connectivity index (χ0v) is 26.9. The number of thioether (sulfide) groups is 1. The van der Waals surface area contributed by atoms with Crippen molar-refractivity contribution in [2.45, 2.75) is 50.4 Å². The Hall–Kier alpha value is -4.15. The summed E-state index contributed by atoms with van der Waals surface area (Å²) in [4.78, 5) is 24.8. The van der Waals surface area contributed by atoms with E-state index in [1.165, 1.54) is 4.90 Å². The number of benzene rings is 4. The number of aliphatic hydroxyl groups excluding tert-OH is 1. The topological polar surface area (TPSA) is 106 Å². The number of esters is 1. The third-order valence-corrected chi connectivity index (χ3v) is 8.98. The first-order chi connectivity index (χ1) is 22.4. The zero-order valence-electron chi connectivity index (χ0n) is 26.1. The van der Waals surface area contributed by atoms with Gasteiger partial charge >= 0.3 is 12.0 Å². The Labute approximate surface area is 274 Å². The Morgan fingerprint density at radius 2 is 1.57 bits per heavy atom. The van der Waals surface area contributed by atoms with Crippen LogP contribution in [-0.4, -0.2) is 42.1 Å². The van der Waals surface area contributed by atoms with Gasteiger partial charge in [0.25, 0.3) is 0 Å². The summed E-state index contributed by atoms with van der Waals surface area (Å²) in [6.07, 6.45) is -0.770. The van der Waals surface area contributed by atoms with Gasteiger partial charge in [-0.15, -0.1) is 11.8 Å². The second kappa shape index (κ2) is 16.4. The maximum absolute atomic E-state index is 12.1. The molecule has 1 saturated heterocycles. The molecule has 2 amide bonds. The minimum Gasteiger partial charge on any atom is -0.465 e. The van der Waals surface area contributed by atoms with Gasteiger partial charge in [-0.2, -0.15) is 0 Å². The SMILES string of the molecule is CCOC(=O)CNC(=O)NCc1cccc(-c2ccc([C@@H]3O[C@H](CSc4ccccc4)[C@H](C)[C@H](c4ccc(CO)cc4)O3)cc2)c1. The Kier molecular flexibility index (Phi) is 11.9. The lowest BCUT2D eigenvalue weighted by molar-refractivity contribution is -0.268. The van der Waals surface area contributed by atoms with E-state index in [1.54, 1.807) is 18.7 Å². The van der Waals surface area contributed by atoms with E-state index in [9.17, 15) is 14.7 Å². The normalized spacial score (nSPS) is 19.3. The molecule has 3 N–H and O–H groups in total. The summed E-state index contributed by atoms with van der Waals surface area (Å²) in [7, 11) is 0. The van der Waals surface area contributed by atoms with Gasteiger partial charge in [0.15, 0.2) is 6.29 Å². The van der Waals surface area contributed by atoms with Gasteiger partial charge in [-0.1, -0.05) is 91.9 Å². The van der Waals surface area contributed by atoms with Crippen LogP contribution in [0.4, 0.5) is 4.79 Å². The molecule has 1 heterocycles. The van der Waals surface area contributed by atoms with Crippen molar-refractivity contribution in [3.05, 3.63) is 125 Å². The van der Waals surface area contributed by atoms with Gasteiger partial charge in [0.1, 0.15) is 6.54 Å². The molecule has 4 atom stereocenters. The van der Waals surface area contributed by atoms with Crippen LogP contribution >= 0.6 is 11.8 Å². The van der Waals surface area contributed by atoms with Crippen LogP contribution in [0.5, 0.6) is 0 Å². The van der Waals surface area contributed by atoms with Crippen LogP contribution in [0.2, 0.25) is 0 Å². The molecule has 4 aromatic carbocycles. The number of carbonyl (C=O) groups excluding carboxylic acids is 2.